The van der Waals surface area contributed by atoms with Crippen LogP contribution in [0, 0.1) is 0 Å². The molecule has 0 bridgehead atoms. The van der Waals surface area contributed by atoms with Gasteiger partial charge in [0.2, 0.25) is 5.91 Å². The third kappa shape index (κ3) is 3.96. The SMILES string of the molecule is CCNc1ccc(Cl)cc1C(=O)NCC(N)=O. The first-order valence-corrected chi connectivity index (χ1v) is 5.52. The standard InChI is InChI=1S/C11H14ClN3O2/c1-2-14-9-4-3-7(12)5-8(9)11(17)15-6-10(13)16/h3-5,14H,2,6H2,1H3,(H2,13,16)(H,15,17). The van der Waals surface area contributed by atoms with Gasteiger partial charge in [0.1, 0.15) is 0 Å². The van der Waals surface area contributed by atoms with E-state index in [2.05, 4.69) is 10.6 Å². The maximum atomic E-state index is 11.8. The number of halogens is 1. The van der Waals surface area contributed by atoms with Gasteiger partial charge in [0.25, 0.3) is 5.91 Å². The summed E-state index contributed by atoms with van der Waals surface area (Å²) < 4.78 is 0. The molecule has 0 saturated heterocycles. The van der Waals surface area contributed by atoms with Crippen molar-refractivity contribution in [2.24, 2.45) is 5.73 Å². The lowest BCUT2D eigenvalue weighted by Crippen LogP contribution is -2.33. The fourth-order valence-electron chi connectivity index (χ4n) is 1.31. The molecule has 2 amide bonds. The summed E-state index contributed by atoms with van der Waals surface area (Å²) in [6.45, 7) is 2.40. The zero-order valence-corrected chi connectivity index (χ0v) is 10.2. The molecule has 0 fully saturated rings. The molecule has 0 aliphatic carbocycles. The Labute approximate surface area is 104 Å². The summed E-state index contributed by atoms with van der Waals surface area (Å²) in [5, 5.41) is 5.90. The van der Waals surface area contributed by atoms with Crippen molar-refractivity contribution in [2.45, 2.75) is 6.92 Å². The highest BCUT2D eigenvalue weighted by Gasteiger charge is 2.12. The minimum atomic E-state index is -0.592. The number of carbonyl (C=O) groups is 2. The third-order valence-corrected chi connectivity index (χ3v) is 2.25. The van der Waals surface area contributed by atoms with Crippen molar-refractivity contribution < 1.29 is 9.59 Å². The monoisotopic (exact) mass is 255 g/mol. The fraction of sp³-hybridized carbons (Fsp3) is 0.273. The number of hydrogen-bond donors (Lipinski definition) is 3. The lowest BCUT2D eigenvalue weighted by molar-refractivity contribution is -0.117. The van der Waals surface area contributed by atoms with E-state index < -0.39 is 5.91 Å². The van der Waals surface area contributed by atoms with Gasteiger partial charge < -0.3 is 16.4 Å². The third-order valence-electron chi connectivity index (χ3n) is 2.02. The van der Waals surface area contributed by atoms with Crippen molar-refractivity contribution >= 4 is 29.1 Å². The molecule has 0 saturated carbocycles. The Morgan fingerprint density at radius 1 is 1.41 bits per heavy atom. The van der Waals surface area contributed by atoms with Gasteiger partial charge in [0.05, 0.1) is 12.1 Å². The highest BCUT2D eigenvalue weighted by atomic mass is 35.5. The van der Waals surface area contributed by atoms with Crippen molar-refractivity contribution in [3.8, 4) is 0 Å². The van der Waals surface area contributed by atoms with Crippen LogP contribution in [-0.2, 0) is 4.79 Å². The van der Waals surface area contributed by atoms with E-state index in [1.165, 1.54) is 6.07 Å². The molecule has 17 heavy (non-hydrogen) atoms. The van der Waals surface area contributed by atoms with Crippen LogP contribution in [0.5, 0.6) is 0 Å². The molecular formula is C11H14ClN3O2. The quantitative estimate of drug-likeness (QED) is 0.734. The number of nitrogens with one attached hydrogen (secondary N) is 2. The average molecular weight is 256 g/mol. The second kappa shape index (κ2) is 6.10. The Morgan fingerprint density at radius 3 is 2.71 bits per heavy atom. The number of anilines is 1. The number of nitrogens with two attached hydrogens (primary N) is 1. The Morgan fingerprint density at radius 2 is 2.12 bits per heavy atom. The van der Waals surface area contributed by atoms with Crippen LogP contribution in [0.25, 0.3) is 0 Å². The van der Waals surface area contributed by atoms with Gasteiger partial charge in [-0.3, -0.25) is 9.59 Å². The molecule has 0 spiro atoms. The van der Waals surface area contributed by atoms with E-state index in [1.54, 1.807) is 12.1 Å². The average Bonchev–Trinajstić information content (AvgIpc) is 2.28. The highest BCUT2D eigenvalue weighted by molar-refractivity contribution is 6.31. The molecular weight excluding hydrogens is 242 g/mol. The van der Waals surface area contributed by atoms with Gasteiger partial charge in [-0.25, -0.2) is 0 Å². The molecule has 5 nitrogen and oxygen atoms in total. The number of rotatable bonds is 5. The summed E-state index contributed by atoms with van der Waals surface area (Å²) in [5.74, 6) is -0.979. The Balaban J connectivity index is 2.89. The van der Waals surface area contributed by atoms with Crippen LogP contribution in [-0.4, -0.2) is 24.9 Å². The van der Waals surface area contributed by atoms with E-state index in [0.29, 0.717) is 22.8 Å². The smallest absolute Gasteiger partial charge is 0.253 e. The summed E-state index contributed by atoms with van der Waals surface area (Å²) in [4.78, 5) is 22.4. The second-order valence-electron chi connectivity index (χ2n) is 3.37. The molecule has 0 heterocycles. The van der Waals surface area contributed by atoms with Crippen LogP contribution in [0.1, 0.15) is 17.3 Å². The number of carbonyl (C=O) groups excluding carboxylic acids is 2. The number of primary amides is 1. The molecule has 0 aliphatic rings. The fourth-order valence-corrected chi connectivity index (χ4v) is 1.48. The van der Waals surface area contributed by atoms with Crippen LogP contribution in [0.15, 0.2) is 18.2 Å². The van der Waals surface area contributed by atoms with Crippen molar-refractivity contribution in [3.63, 3.8) is 0 Å². The predicted molar refractivity (Wildman–Crippen MR) is 67.1 cm³/mol. The van der Waals surface area contributed by atoms with E-state index in [1.807, 2.05) is 6.92 Å². The molecule has 0 radical (unpaired) electrons. The van der Waals surface area contributed by atoms with Gasteiger partial charge in [-0.15, -0.1) is 0 Å². The van der Waals surface area contributed by atoms with E-state index >= 15 is 0 Å². The van der Waals surface area contributed by atoms with E-state index in [0.717, 1.165) is 0 Å². The first kappa shape index (κ1) is 13.3. The van der Waals surface area contributed by atoms with Gasteiger partial charge in [-0.05, 0) is 25.1 Å². The minimum absolute atomic E-state index is 0.198. The lowest BCUT2D eigenvalue weighted by atomic mass is 10.1. The Bertz CT molecular complexity index is 435. The van der Waals surface area contributed by atoms with Crippen LogP contribution in [0.2, 0.25) is 5.02 Å². The van der Waals surface area contributed by atoms with Crippen LogP contribution < -0.4 is 16.4 Å². The topological polar surface area (TPSA) is 84.2 Å². The van der Waals surface area contributed by atoms with Crippen molar-refractivity contribution in [2.75, 3.05) is 18.4 Å². The minimum Gasteiger partial charge on any atom is -0.385 e. The Hall–Kier alpha value is -1.75. The molecule has 92 valence electrons. The van der Waals surface area contributed by atoms with E-state index in [9.17, 15) is 9.59 Å². The predicted octanol–water partition coefficient (Wildman–Crippen LogP) is 0.987. The van der Waals surface area contributed by atoms with Gasteiger partial charge in [-0.1, -0.05) is 11.6 Å². The number of benzene rings is 1. The van der Waals surface area contributed by atoms with Crippen molar-refractivity contribution in [1.82, 2.24) is 5.32 Å². The molecule has 1 aromatic rings. The molecule has 0 aromatic heterocycles. The molecule has 0 atom stereocenters. The summed E-state index contributed by atoms with van der Waals surface area (Å²) in [7, 11) is 0. The largest absolute Gasteiger partial charge is 0.385 e. The summed E-state index contributed by atoms with van der Waals surface area (Å²) in [6.07, 6.45) is 0. The summed E-state index contributed by atoms with van der Waals surface area (Å²) >= 11 is 5.82. The molecule has 0 aliphatic heterocycles. The highest BCUT2D eigenvalue weighted by Crippen LogP contribution is 2.20. The number of hydrogen-bond acceptors (Lipinski definition) is 3. The Kier molecular flexibility index (Phi) is 4.78. The zero-order valence-electron chi connectivity index (χ0n) is 9.42. The molecule has 4 N–H and O–H groups in total. The second-order valence-corrected chi connectivity index (χ2v) is 3.81. The van der Waals surface area contributed by atoms with Crippen molar-refractivity contribution in [3.05, 3.63) is 28.8 Å². The van der Waals surface area contributed by atoms with Crippen LogP contribution >= 0.6 is 11.6 Å². The zero-order chi connectivity index (χ0) is 12.8. The van der Waals surface area contributed by atoms with E-state index in [-0.39, 0.29) is 12.5 Å². The van der Waals surface area contributed by atoms with Gasteiger partial charge in [0.15, 0.2) is 0 Å². The van der Waals surface area contributed by atoms with Crippen LogP contribution in [0.4, 0.5) is 5.69 Å². The van der Waals surface area contributed by atoms with Gasteiger partial charge in [-0.2, -0.15) is 0 Å². The van der Waals surface area contributed by atoms with E-state index in [4.69, 9.17) is 17.3 Å². The normalized spacial score (nSPS) is 9.76. The molecule has 1 rings (SSSR count). The van der Waals surface area contributed by atoms with Crippen LogP contribution in [0.3, 0.4) is 0 Å². The van der Waals surface area contributed by atoms with Crippen molar-refractivity contribution in [1.29, 1.82) is 0 Å². The first-order valence-electron chi connectivity index (χ1n) is 5.14. The summed E-state index contributed by atoms with van der Waals surface area (Å²) in [6, 6.07) is 4.94. The summed E-state index contributed by atoms with van der Waals surface area (Å²) in [5.41, 5.74) is 6.01. The molecule has 1 aromatic carbocycles. The number of amides is 2. The molecule has 0 unspecified atom stereocenters. The first-order chi connectivity index (χ1) is 8.04. The van der Waals surface area contributed by atoms with Gasteiger partial charge >= 0.3 is 0 Å². The maximum absolute atomic E-state index is 11.8. The molecule has 6 heteroatoms. The van der Waals surface area contributed by atoms with Gasteiger partial charge in [0, 0.05) is 17.3 Å². The maximum Gasteiger partial charge on any atom is 0.253 e. The lowest BCUT2D eigenvalue weighted by Gasteiger charge is -2.10.